The summed E-state index contributed by atoms with van der Waals surface area (Å²) in [5.74, 6) is 0. The van der Waals surface area contributed by atoms with Gasteiger partial charge in [0, 0.05) is 17.7 Å². The third kappa shape index (κ3) is 4.39. The molecule has 0 saturated heterocycles. The van der Waals surface area contributed by atoms with Gasteiger partial charge in [-0.3, -0.25) is 10.1 Å². The van der Waals surface area contributed by atoms with Crippen LogP contribution < -0.4 is 5.32 Å². The number of nitro benzene ring substituents is 1. The first-order valence-electron chi connectivity index (χ1n) is 7.19. The lowest BCUT2D eigenvalue weighted by molar-refractivity contribution is -0.385. The number of nitrogens with one attached hydrogen (secondary N) is 1. The van der Waals surface area contributed by atoms with Crippen molar-refractivity contribution in [2.45, 2.75) is 25.8 Å². The zero-order chi connectivity index (χ0) is 15.1. The average molecular weight is 284 g/mol. The van der Waals surface area contributed by atoms with Gasteiger partial charge in [-0.1, -0.05) is 48.5 Å². The maximum absolute atomic E-state index is 11.0. The van der Waals surface area contributed by atoms with Crippen molar-refractivity contribution in [3.8, 4) is 0 Å². The van der Waals surface area contributed by atoms with E-state index in [9.17, 15) is 10.1 Å². The lowest BCUT2D eigenvalue weighted by Crippen LogP contribution is -2.21. The Balaban J connectivity index is 1.85. The fraction of sp³-hybridized carbons (Fsp3) is 0.294. The monoisotopic (exact) mass is 284 g/mol. The number of nitro groups is 1. The summed E-state index contributed by atoms with van der Waals surface area (Å²) in [5, 5.41) is 14.4. The molecule has 0 aliphatic rings. The summed E-state index contributed by atoms with van der Waals surface area (Å²) < 4.78 is 0. The Morgan fingerprint density at radius 3 is 2.48 bits per heavy atom. The van der Waals surface area contributed by atoms with Crippen LogP contribution in [0, 0.1) is 10.1 Å². The first-order chi connectivity index (χ1) is 10.2. The molecule has 4 heteroatoms. The normalized spacial score (nSPS) is 12.0. The van der Waals surface area contributed by atoms with Gasteiger partial charge in [-0.05, 0) is 31.9 Å². The molecule has 4 nitrogen and oxygen atoms in total. The zero-order valence-electron chi connectivity index (χ0n) is 12.2. The Hall–Kier alpha value is -2.20. The van der Waals surface area contributed by atoms with Gasteiger partial charge in [0.2, 0.25) is 0 Å². The van der Waals surface area contributed by atoms with Crippen LogP contribution in [0.25, 0.3) is 0 Å². The van der Waals surface area contributed by atoms with Crippen LogP contribution in [-0.2, 0) is 6.42 Å². The van der Waals surface area contributed by atoms with Crippen molar-refractivity contribution in [2.75, 3.05) is 6.54 Å². The van der Waals surface area contributed by atoms with Crippen LogP contribution >= 0.6 is 0 Å². The Bertz CT molecular complexity index is 584. The van der Waals surface area contributed by atoms with Crippen molar-refractivity contribution in [3.05, 3.63) is 75.8 Å². The van der Waals surface area contributed by atoms with E-state index in [4.69, 9.17) is 0 Å². The van der Waals surface area contributed by atoms with Gasteiger partial charge in [0.15, 0.2) is 0 Å². The number of para-hydroxylation sites is 1. The van der Waals surface area contributed by atoms with Crippen LogP contribution in [0.2, 0.25) is 0 Å². The molecule has 0 heterocycles. The third-order valence-corrected chi connectivity index (χ3v) is 3.54. The van der Waals surface area contributed by atoms with E-state index in [1.54, 1.807) is 12.1 Å². The minimum absolute atomic E-state index is 0.0256. The summed E-state index contributed by atoms with van der Waals surface area (Å²) in [4.78, 5) is 10.7. The van der Waals surface area contributed by atoms with Crippen molar-refractivity contribution in [1.29, 1.82) is 0 Å². The van der Waals surface area contributed by atoms with Crippen LogP contribution in [0.3, 0.4) is 0 Å². The molecule has 1 atom stereocenters. The Kier molecular flexibility index (Phi) is 5.46. The molecule has 0 aromatic heterocycles. The fourth-order valence-electron chi connectivity index (χ4n) is 2.39. The third-order valence-electron chi connectivity index (χ3n) is 3.54. The molecule has 1 unspecified atom stereocenters. The molecule has 0 aliphatic heterocycles. The molecule has 2 aromatic rings. The fourth-order valence-corrected chi connectivity index (χ4v) is 2.39. The summed E-state index contributed by atoms with van der Waals surface area (Å²) in [5.41, 5.74) is 2.24. The second-order valence-electron chi connectivity index (χ2n) is 5.08. The van der Waals surface area contributed by atoms with E-state index < -0.39 is 0 Å². The van der Waals surface area contributed by atoms with Crippen LogP contribution in [0.1, 0.15) is 30.5 Å². The first-order valence-corrected chi connectivity index (χ1v) is 7.19. The van der Waals surface area contributed by atoms with Gasteiger partial charge in [-0.15, -0.1) is 0 Å². The Labute approximate surface area is 125 Å². The lowest BCUT2D eigenvalue weighted by atomic mass is 10.1. The maximum atomic E-state index is 11.0. The second-order valence-corrected chi connectivity index (χ2v) is 5.08. The van der Waals surface area contributed by atoms with Crippen molar-refractivity contribution in [3.63, 3.8) is 0 Å². The lowest BCUT2D eigenvalue weighted by Gasteiger charge is -2.14. The number of benzene rings is 2. The number of hydrogen-bond acceptors (Lipinski definition) is 3. The molecular formula is C17H20N2O2. The SMILES string of the molecule is CC(NCCCc1ccccc1)c1ccccc1[N+](=O)[O-]. The molecule has 110 valence electrons. The highest BCUT2D eigenvalue weighted by molar-refractivity contribution is 5.41. The second kappa shape index (κ2) is 7.55. The summed E-state index contributed by atoms with van der Waals surface area (Å²) in [6.07, 6.45) is 2.02. The van der Waals surface area contributed by atoms with Crippen LogP contribution in [0.4, 0.5) is 5.69 Å². The molecule has 0 saturated carbocycles. The standard InChI is InChI=1S/C17H20N2O2/c1-14(16-11-5-6-12-17(16)19(20)21)18-13-7-10-15-8-3-2-4-9-15/h2-6,8-9,11-12,14,18H,7,10,13H2,1H3. The maximum Gasteiger partial charge on any atom is 0.274 e. The number of hydrogen-bond donors (Lipinski definition) is 1. The van der Waals surface area contributed by atoms with Gasteiger partial charge in [0.25, 0.3) is 5.69 Å². The molecule has 0 radical (unpaired) electrons. The quantitative estimate of drug-likeness (QED) is 0.477. The summed E-state index contributed by atoms with van der Waals surface area (Å²) in [6, 6.07) is 17.2. The van der Waals surface area contributed by atoms with Gasteiger partial charge in [0.05, 0.1) is 4.92 Å². The molecule has 0 fully saturated rings. The first kappa shape index (κ1) is 15.2. The van der Waals surface area contributed by atoms with Crippen LogP contribution in [0.15, 0.2) is 54.6 Å². The minimum Gasteiger partial charge on any atom is -0.310 e. The molecule has 0 bridgehead atoms. The average Bonchev–Trinajstić information content (AvgIpc) is 2.52. The van der Waals surface area contributed by atoms with Gasteiger partial charge < -0.3 is 5.32 Å². The predicted molar refractivity (Wildman–Crippen MR) is 84.3 cm³/mol. The highest BCUT2D eigenvalue weighted by atomic mass is 16.6. The molecular weight excluding hydrogens is 264 g/mol. The Morgan fingerprint density at radius 2 is 1.76 bits per heavy atom. The van der Waals surface area contributed by atoms with E-state index in [2.05, 4.69) is 17.4 Å². The number of nitrogens with zero attached hydrogens (tertiary/aromatic N) is 1. The number of rotatable bonds is 7. The van der Waals surface area contributed by atoms with E-state index >= 15 is 0 Å². The van der Waals surface area contributed by atoms with E-state index in [0.29, 0.717) is 0 Å². The molecule has 2 aromatic carbocycles. The van der Waals surface area contributed by atoms with E-state index in [-0.39, 0.29) is 16.7 Å². The van der Waals surface area contributed by atoms with Crippen molar-refractivity contribution >= 4 is 5.69 Å². The van der Waals surface area contributed by atoms with Gasteiger partial charge in [-0.25, -0.2) is 0 Å². The van der Waals surface area contributed by atoms with E-state index in [0.717, 1.165) is 24.9 Å². The topological polar surface area (TPSA) is 55.2 Å². The van der Waals surface area contributed by atoms with Gasteiger partial charge >= 0.3 is 0 Å². The zero-order valence-corrected chi connectivity index (χ0v) is 12.2. The predicted octanol–water partition coefficient (Wildman–Crippen LogP) is 3.88. The van der Waals surface area contributed by atoms with Gasteiger partial charge in [-0.2, -0.15) is 0 Å². The molecule has 21 heavy (non-hydrogen) atoms. The van der Waals surface area contributed by atoms with E-state index in [1.807, 2.05) is 37.3 Å². The summed E-state index contributed by atoms with van der Waals surface area (Å²) in [6.45, 7) is 2.80. The number of aryl methyl sites for hydroxylation is 1. The molecule has 0 aliphatic carbocycles. The molecule has 0 amide bonds. The molecule has 0 spiro atoms. The smallest absolute Gasteiger partial charge is 0.274 e. The van der Waals surface area contributed by atoms with Gasteiger partial charge in [0.1, 0.15) is 0 Å². The summed E-state index contributed by atoms with van der Waals surface area (Å²) in [7, 11) is 0. The summed E-state index contributed by atoms with van der Waals surface area (Å²) >= 11 is 0. The van der Waals surface area contributed by atoms with E-state index in [1.165, 1.54) is 5.56 Å². The molecule has 1 N–H and O–H groups in total. The largest absolute Gasteiger partial charge is 0.310 e. The van der Waals surface area contributed by atoms with Crippen LogP contribution in [0.5, 0.6) is 0 Å². The van der Waals surface area contributed by atoms with Crippen LogP contribution in [-0.4, -0.2) is 11.5 Å². The highest BCUT2D eigenvalue weighted by Crippen LogP contribution is 2.24. The van der Waals surface area contributed by atoms with Crippen molar-refractivity contribution in [2.24, 2.45) is 0 Å². The van der Waals surface area contributed by atoms with Crippen molar-refractivity contribution < 1.29 is 4.92 Å². The minimum atomic E-state index is -0.322. The van der Waals surface area contributed by atoms with Crippen molar-refractivity contribution in [1.82, 2.24) is 5.32 Å². The Morgan fingerprint density at radius 1 is 1.10 bits per heavy atom. The highest BCUT2D eigenvalue weighted by Gasteiger charge is 2.17. The molecule has 2 rings (SSSR count).